The van der Waals surface area contributed by atoms with Gasteiger partial charge in [0.25, 0.3) is 0 Å². The summed E-state index contributed by atoms with van der Waals surface area (Å²) in [5.74, 6) is -0.690. The Hall–Kier alpha value is -3.19. The Bertz CT molecular complexity index is 893. The van der Waals surface area contributed by atoms with Gasteiger partial charge in [0.2, 0.25) is 0 Å². The first-order chi connectivity index (χ1) is 14.9. The summed E-state index contributed by atoms with van der Waals surface area (Å²) in [7, 11) is 0. The molecule has 1 aromatic heterocycles. The zero-order chi connectivity index (χ0) is 23.1. The van der Waals surface area contributed by atoms with Crippen LogP contribution < -0.4 is 5.43 Å². The minimum Gasteiger partial charge on any atom is -0.498 e. The van der Waals surface area contributed by atoms with Crippen LogP contribution in [-0.2, 0) is 16.0 Å². The number of benzene rings is 1. The number of pyridine rings is 1. The standard InChI is InChI=1S/C14H16FNO2.C6H6.C4H8O3/c1-3-6-18-10-4-5-11(15)13-12(7-10)16-8-9(2)14(13)17;1-2-4-6-5-3-1;5-3-1-2-4(6)7/h4-5,8H,3,6-7H2,1-2H3,(H,16,17);1-6H;5H,1-3H2,(H,6,7). The average Bonchev–Trinajstić information content (AvgIpc) is 2.94. The van der Waals surface area contributed by atoms with E-state index in [1.807, 2.05) is 43.3 Å². The highest BCUT2D eigenvalue weighted by atomic mass is 19.1. The van der Waals surface area contributed by atoms with Gasteiger partial charge in [-0.2, -0.15) is 0 Å². The molecule has 0 spiro atoms. The highest BCUT2D eigenvalue weighted by Gasteiger charge is 2.18. The zero-order valence-electron chi connectivity index (χ0n) is 17.9. The lowest BCUT2D eigenvalue weighted by atomic mass is 10.1. The van der Waals surface area contributed by atoms with Gasteiger partial charge in [0.15, 0.2) is 5.43 Å². The minimum absolute atomic E-state index is 0.0354. The fourth-order valence-electron chi connectivity index (χ4n) is 2.49. The largest absolute Gasteiger partial charge is 0.498 e. The number of nitrogens with one attached hydrogen (secondary N) is 1. The lowest BCUT2D eigenvalue weighted by Gasteiger charge is -2.10. The number of aliphatic carboxylic acids is 1. The summed E-state index contributed by atoms with van der Waals surface area (Å²) >= 11 is 0. The Morgan fingerprint density at radius 1 is 1.16 bits per heavy atom. The SMILES string of the molecule is CCCOC1=CC=C(F)c2c([nH]cc(C)c2=O)C1.O=C(O)CCCO.c1ccccc1. The molecule has 168 valence electrons. The van der Waals surface area contributed by atoms with Crippen molar-refractivity contribution in [2.45, 2.75) is 39.5 Å². The van der Waals surface area contributed by atoms with E-state index in [4.69, 9.17) is 14.9 Å². The van der Waals surface area contributed by atoms with E-state index in [1.165, 1.54) is 6.08 Å². The van der Waals surface area contributed by atoms with Gasteiger partial charge in [0.05, 0.1) is 12.2 Å². The molecule has 0 saturated heterocycles. The molecule has 6 nitrogen and oxygen atoms in total. The van der Waals surface area contributed by atoms with Gasteiger partial charge in [-0.15, -0.1) is 0 Å². The van der Waals surface area contributed by atoms with Crippen molar-refractivity contribution in [3.63, 3.8) is 0 Å². The molecule has 0 aliphatic heterocycles. The number of aromatic amines is 1. The summed E-state index contributed by atoms with van der Waals surface area (Å²) in [6.45, 7) is 4.23. The molecule has 0 radical (unpaired) electrons. The molecule has 1 aliphatic carbocycles. The van der Waals surface area contributed by atoms with Gasteiger partial charge in [-0.05, 0) is 31.9 Å². The Morgan fingerprint density at radius 3 is 2.26 bits per heavy atom. The van der Waals surface area contributed by atoms with Gasteiger partial charge in [-0.3, -0.25) is 9.59 Å². The van der Waals surface area contributed by atoms with Gasteiger partial charge in [-0.25, -0.2) is 4.39 Å². The van der Waals surface area contributed by atoms with Crippen molar-refractivity contribution in [2.24, 2.45) is 0 Å². The molecular weight excluding hydrogens is 401 g/mol. The number of fused-ring (bicyclic) bond motifs is 1. The first-order valence-corrected chi connectivity index (χ1v) is 10.1. The minimum atomic E-state index is -0.853. The summed E-state index contributed by atoms with van der Waals surface area (Å²) in [5.41, 5.74) is 0.943. The molecule has 0 amide bonds. The monoisotopic (exact) mass is 431 g/mol. The van der Waals surface area contributed by atoms with Gasteiger partial charge >= 0.3 is 5.97 Å². The molecular formula is C24H30FNO5. The van der Waals surface area contributed by atoms with Crippen LogP contribution in [0.4, 0.5) is 4.39 Å². The molecule has 0 bridgehead atoms. The Morgan fingerprint density at radius 2 is 1.77 bits per heavy atom. The first kappa shape index (κ1) is 25.8. The second kappa shape index (κ2) is 14.7. The van der Waals surface area contributed by atoms with E-state index in [9.17, 15) is 14.0 Å². The maximum absolute atomic E-state index is 13.9. The molecule has 0 atom stereocenters. The number of hydrogen-bond donors (Lipinski definition) is 3. The number of carbonyl (C=O) groups is 1. The van der Waals surface area contributed by atoms with E-state index in [0.29, 0.717) is 36.5 Å². The van der Waals surface area contributed by atoms with E-state index in [0.717, 1.165) is 6.42 Å². The normalized spacial score (nSPS) is 11.9. The molecule has 3 rings (SSSR count). The van der Waals surface area contributed by atoms with Crippen molar-refractivity contribution in [3.05, 3.63) is 87.6 Å². The van der Waals surface area contributed by atoms with Crippen molar-refractivity contribution in [1.29, 1.82) is 0 Å². The first-order valence-electron chi connectivity index (χ1n) is 10.1. The van der Waals surface area contributed by atoms with Crippen molar-refractivity contribution >= 4 is 11.8 Å². The molecule has 2 aromatic rings. The van der Waals surface area contributed by atoms with Crippen LogP contribution >= 0.6 is 0 Å². The third-order valence-electron chi connectivity index (χ3n) is 4.06. The molecule has 3 N–H and O–H groups in total. The second-order valence-electron chi connectivity index (χ2n) is 6.70. The number of halogens is 1. The van der Waals surface area contributed by atoms with Crippen molar-refractivity contribution < 1.29 is 24.1 Å². The summed E-state index contributed by atoms with van der Waals surface area (Å²) < 4.78 is 19.4. The summed E-state index contributed by atoms with van der Waals surface area (Å²) in [4.78, 5) is 24.6. The molecule has 1 aliphatic rings. The zero-order valence-corrected chi connectivity index (χ0v) is 17.9. The van der Waals surface area contributed by atoms with Crippen LogP contribution in [0, 0.1) is 6.92 Å². The van der Waals surface area contributed by atoms with Gasteiger partial charge in [0.1, 0.15) is 11.6 Å². The number of carboxylic acid groups (broad SMARTS) is 1. The number of allylic oxidation sites excluding steroid dienone is 3. The quantitative estimate of drug-likeness (QED) is 0.630. The van der Waals surface area contributed by atoms with Crippen LogP contribution in [0.25, 0.3) is 5.83 Å². The Kier molecular flexibility index (Phi) is 12.3. The number of carboxylic acids is 1. The fraction of sp³-hybridized carbons (Fsp3) is 0.333. The Balaban J connectivity index is 0.000000302. The number of hydrogen-bond acceptors (Lipinski definition) is 4. The summed E-state index contributed by atoms with van der Waals surface area (Å²) in [6, 6.07) is 12.0. The average molecular weight is 432 g/mol. The third-order valence-corrected chi connectivity index (χ3v) is 4.06. The maximum Gasteiger partial charge on any atom is 0.303 e. The number of aliphatic hydroxyl groups is 1. The number of rotatable bonds is 6. The molecule has 0 saturated carbocycles. The second-order valence-corrected chi connectivity index (χ2v) is 6.70. The van der Waals surface area contributed by atoms with Crippen LogP contribution in [0.5, 0.6) is 0 Å². The van der Waals surface area contributed by atoms with Crippen molar-refractivity contribution in [3.8, 4) is 0 Å². The van der Waals surface area contributed by atoms with E-state index in [2.05, 4.69) is 4.98 Å². The van der Waals surface area contributed by atoms with E-state index >= 15 is 0 Å². The van der Waals surface area contributed by atoms with Crippen LogP contribution in [0.3, 0.4) is 0 Å². The predicted octanol–water partition coefficient (Wildman–Crippen LogP) is 4.39. The van der Waals surface area contributed by atoms with E-state index in [-0.39, 0.29) is 24.0 Å². The van der Waals surface area contributed by atoms with Gasteiger partial charge < -0.3 is 19.9 Å². The van der Waals surface area contributed by atoms with Crippen molar-refractivity contribution in [2.75, 3.05) is 13.2 Å². The highest BCUT2D eigenvalue weighted by molar-refractivity contribution is 5.66. The molecule has 1 heterocycles. The molecule has 31 heavy (non-hydrogen) atoms. The maximum atomic E-state index is 13.9. The fourth-order valence-corrected chi connectivity index (χ4v) is 2.49. The molecule has 0 fully saturated rings. The molecule has 7 heteroatoms. The van der Waals surface area contributed by atoms with Crippen LogP contribution in [0.2, 0.25) is 0 Å². The van der Waals surface area contributed by atoms with Crippen molar-refractivity contribution in [1.82, 2.24) is 4.98 Å². The summed E-state index contributed by atoms with van der Waals surface area (Å²) in [6.07, 6.45) is 6.22. The molecule has 0 unspecified atom stereocenters. The van der Waals surface area contributed by atoms with Gasteiger partial charge in [0, 0.05) is 36.9 Å². The number of aryl methyl sites for hydroxylation is 1. The lowest BCUT2D eigenvalue weighted by molar-refractivity contribution is -0.137. The molecule has 1 aromatic carbocycles. The van der Waals surface area contributed by atoms with E-state index in [1.54, 1.807) is 19.2 Å². The highest BCUT2D eigenvalue weighted by Crippen LogP contribution is 2.23. The lowest BCUT2D eigenvalue weighted by Crippen LogP contribution is -2.15. The summed E-state index contributed by atoms with van der Waals surface area (Å²) in [5, 5.41) is 16.0. The number of ether oxygens (including phenoxy) is 1. The predicted molar refractivity (Wildman–Crippen MR) is 119 cm³/mol. The third kappa shape index (κ3) is 9.91. The van der Waals surface area contributed by atoms with Crippen LogP contribution in [0.1, 0.15) is 43.0 Å². The number of H-pyrrole nitrogens is 1. The van der Waals surface area contributed by atoms with Crippen LogP contribution in [-0.4, -0.2) is 34.4 Å². The van der Waals surface area contributed by atoms with E-state index < -0.39 is 11.8 Å². The van der Waals surface area contributed by atoms with Crippen LogP contribution in [0.15, 0.2) is 65.3 Å². The number of aromatic nitrogens is 1. The number of aliphatic hydroxyl groups excluding tert-OH is 1. The Labute approximate surface area is 181 Å². The topological polar surface area (TPSA) is 99.6 Å². The smallest absolute Gasteiger partial charge is 0.303 e. The van der Waals surface area contributed by atoms with Gasteiger partial charge in [-0.1, -0.05) is 43.3 Å².